The number of fused-ring (bicyclic) bond motifs is 1. The van der Waals surface area contributed by atoms with Crippen LogP contribution in [0.1, 0.15) is 31.4 Å². The summed E-state index contributed by atoms with van der Waals surface area (Å²) in [6.07, 6.45) is 4.29. The molecule has 2 N–H and O–H groups in total. The fourth-order valence-electron chi connectivity index (χ4n) is 3.64. The summed E-state index contributed by atoms with van der Waals surface area (Å²) in [4.78, 5) is 31.1. The molecule has 0 aromatic carbocycles. The van der Waals surface area contributed by atoms with Crippen LogP contribution in [0.3, 0.4) is 0 Å². The number of nitrogens with zero attached hydrogens (tertiary/aromatic N) is 5. The van der Waals surface area contributed by atoms with Crippen molar-refractivity contribution in [3.63, 3.8) is 0 Å². The van der Waals surface area contributed by atoms with E-state index in [2.05, 4.69) is 20.8 Å². The molecule has 140 valence electrons. The topological polar surface area (TPSA) is 94.9 Å². The van der Waals surface area contributed by atoms with Crippen molar-refractivity contribution in [3.05, 3.63) is 11.8 Å². The van der Waals surface area contributed by atoms with Crippen molar-refractivity contribution >= 4 is 23.5 Å². The Morgan fingerprint density at radius 2 is 2.19 bits per heavy atom. The van der Waals surface area contributed by atoms with E-state index in [-0.39, 0.29) is 17.6 Å². The molecule has 1 aromatic heterocycles. The maximum absolute atomic E-state index is 12.7. The molecule has 3 heterocycles. The van der Waals surface area contributed by atoms with E-state index in [0.29, 0.717) is 25.6 Å². The molecule has 1 fully saturated rings. The van der Waals surface area contributed by atoms with Crippen molar-refractivity contribution in [2.45, 2.75) is 45.2 Å². The van der Waals surface area contributed by atoms with Crippen molar-refractivity contribution in [2.75, 3.05) is 25.2 Å². The predicted octanol–water partition coefficient (Wildman–Crippen LogP) is 0.0191. The first kappa shape index (κ1) is 17.0. The molecule has 1 saturated carbocycles. The summed E-state index contributed by atoms with van der Waals surface area (Å²) in [6.45, 7) is 3.87. The standard InChI is InChI=1S/C17H25N7O2/c1-11-8-14-22(2)17(26)13(6-7-24(14)20-11)19-16(25)15-18-10-23(21-15)9-12-4-3-5-12/h8,12-13H,3-7,9-10H2,1-2H3,(H,18,21)(H,19,25). The summed E-state index contributed by atoms with van der Waals surface area (Å²) >= 11 is 0. The van der Waals surface area contributed by atoms with Gasteiger partial charge in [-0.2, -0.15) is 5.10 Å². The minimum atomic E-state index is -0.584. The molecule has 1 unspecified atom stereocenters. The Morgan fingerprint density at radius 1 is 1.38 bits per heavy atom. The van der Waals surface area contributed by atoms with E-state index in [0.717, 1.165) is 18.1 Å². The average molecular weight is 359 g/mol. The molecule has 0 saturated heterocycles. The summed E-state index contributed by atoms with van der Waals surface area (Å²) in [5.74, 6) is 1.28. The number of carbonyl (C=O) groups excluding carboxylic acids is 2. The smallest absolute Gasteiger partial charge is 0.288 e. The zero-order valence-electron chi connectivity index (χ0n) is 15.2. The lowest BCUT2D eigenvalue weighted by Crippen LogP contribution is -2.52. The van der Waals surface area contributed by atoms with Gasteiger partial charge in [-0.15, -0.1) is 0 Å². The van der Waals surface area contributed by atoms with E-state index in [4.69, 9.17) is 0 Å². The zero-order chi connectivity index (χ0) is 18.3. The summed E-state index contributed by atoms with van der Waals surface area (Å²) < 4.78 is 1.81. The van der Waals surface area contributed by atoms with E-state index >= 15 is 0 Å². The van der Waals surface area contributed by atoms with Gasteiger partial charge in [-0.25, -0.2) is 14.7 Å². The van der Waals surface area contributed by atoms with E-state index in [1.54, 1.807) is 11.9 Å². The van der Waals surface area contributed by atoms with Crippen molar-refractivity contribution in [2.24, 2.45) is 10.9 Å². The molecule has 1 aliphatic carbocycles. The second kappa shape index (κ2) is 6.71. The number of aryl methyl sites for hydroxylation is 2. The molecule has 0 radical (unpaired) electrons. The number of carbonyl (C=O) groups is 2. The molecule has 4 rings (SSSR count). The third-order valence-corrected chi connectivity index (χ3v) is 5.37. The highest BCUT2D eigenvalue weighted by atomic mass is 16.2. The van der Waals surface area contributed by atoms with Crippen molar-refractivity contribution in [1.82, 2.24) is 25.5 Å². The fourth-order valence-corrected chi connectivity index (χ4v) is 3.64. The van der Waals surface area contributed by atoms with E-state index in [1.807, 2.05) is 22.7 Å². The van der Waals surface area contributed by atoms with Crippen LogP contribution < -0.4 is 15.6 Å². The second-order valence-corrected chi connectivity index (χ2v) is 7.36. The SMILES string of the molecule is Cc1cc2n(n1)CCC(NC(=O)C1=NCN(CC3CCC3)N1)C(=O)N2C. The van der Waals surface area contributed by atoms with Crippen LogP contribution in [0, 0.1) is 12.8 Å². The van der Waals surface area contributed by atoms with E-state index < -0.39 is 6.04 Å². The molecular formula is C17H25N7O2. The molecule has 9 heteroatoms. The van der Waals surface area contributed by atoms with Crippen LogP contribution in [0.2, 0.25) is 0 Å². The Kier molecular flexibility index (Phi) is 4.39. The number of aliphatic imine (C=N–C) groups is 1. The number of hydrogen-bond acceptors (Lipinski definition) is 6. The minimum Gasteiger partial charge on any atom is -0.337 e. The molecule has 0 bridgehead atoms. The van der Waals surface area contributed by atoms with Crippen molar-refractivity contribution in [1.29, 1.82) is 0 Å². The van der Waals surface area contributed by atoms with Gasteiger partial charge in [0.1, 0.15) is 18.5 Å². The summed E-state index contributed by atoms with van der Waals surface area (Å²) in [7, 11) is 1.71. The molecule has 9 nitrogen and oxygen atoms in total. The molecule has 2 aliphatic heterocycles. The zero-order valence-corrected chi connectivity index (χ0v) is 15.2. The largest absolute Gasteiger partial charge is 0.337 e. The lowest BCUT2D eigenvalue weighted by Gasteiger charge is -2.29. The third-order valence-electron chi connectivity index (χ3n) is 5.37. The number of amides is 2. The van der Waals surface area contributed by atoms with Gasteiger partial charge < -0.3 is 5.32 Å². The highest BCUT2D eigenvalue weighted by molar-refractivity contribution is 6.38. The Balaban J connectivity index is 1.36. The lowest BCUT2D eigenvalue weighted by molar-refractivity contribution is -0.124. The van der Waals surface area contributed by atoms with Crippen LogP contribution >= 0.6 is 0 Å². The van der Waals surface area contributed by atoms with Crippen LogP contribution in [0.5, 0.6) is 0 Å². The first-order valence-corrected chi connectivity index (χ1v) is 9.20. The summed E-state index contributed by atoms with van der Waals surface area (Å²) in [5.41, 5.74) is 3.94. The van der Waals surface area contributed by atoms with E-state index in [9.17, 15) is 9.59 Å². The molecule has 1 atom stereocenters. The third kappa shape index (κ3) is 3.18. The van der Waals surface area contributed by atoms with Gasteiger partial charge in [-0.1, -0.05) is 6.42 Å². The van der Waals surface area contributed by atoms with Gasteiger partial charge in [-0.05, 0) is 32.1 Å². The second-order valence-electron chi connectivity index (χ2n) is 7.36. The van der Waals surface area contributed by atoms with Crippen LogP contribution in [0.25, 0.3) is 0 Å². The molecule has 26 heavy (non-hydrogen) atoms. The molecule has 1 aromatic rings. The van der Waals surface area contributed by atoms with Crippen LogP contribution in [-0.4, -0.2) is 58.7 Å². The van der Waals surface area contributed by atoms with Gasteiger partial charge in [0.25, 0.3) is 11.8 Å². The number of rotatable bonds is 4. The van der Waals surface area contributed by atoms with Crippen LogP contribution in [-0.2, 0) is 16.1 Å². The Morgan fingerprint density at radius 3 is 2.92 bits per heavy atom. The molecule has 3 aliphatic rings. The number of hydrogen-bond donors (Lipinski definition) is 2. The van der Waals surface area contributed by atoms with Gasteiger partial charge >= 0.3 is 0 Å². The number of nitrogens with one attached hydrogen (secondary N) is 2. The number of amidine groups is 1. The maximum Gasteiger partial charge on any atom is 0.288 e. The average Bonchev–Trinajstić information content (AvgIpc) is 3.17. The number of likely N-dealkylation sites (N-methyl/N-ethyl adjacent to an activating group) is 1. The quantitative estimate of drug-likeness (QED) is 0.790. The first-order chi connectivity index (χ1) is 12.5. The monoisotopic (exact) mass is 359 g/mol. The van der Waals surface area contributed by atoms with Crippen molar-refractivity contribution in [3.8, 4) is 0 Å². The predicted molar refractivity (Wildman–Crippen MR) is 96.4 cm³/mol. The fraction of sp³-hybridized carbons (Fsp3) is 0.647. The summed E-state index contributed by atoms with van der Waals surface area (Å²) in [6, 6.07) is 1.29. The van der Waals surface area contributed by atoms with Gasteiger partial charge in [0.15, 0.2) is 0 Å². The van der Waals surface area contributed by atoms with Crippen LogP contribution in [0.4, 0.5) is 5.82 Å². The Bertz CT molecular complexity index is 752. The molecule has 0 spiro atoms. The number of hydrazine groups is 1. The summed E-state index contributed by atoms with van der Waals surface area (Å²) in [5, 5.41) is 9.21. The first-order valence-electron chi connectivity index (χ1n) is 9.20. The molecule has 2 amide bonds. The normalized spacial score (nSPS) is 23.8. The van der Waals surface area contributed by atoms with Crippen molar-refractivity contribution < 1.29 is 9.59 Å². The molecular weight excluding hydrogens is 334 g/mol. The maximum atomic E-state index is 12.7. The highest BCUT2D eigenvalue weighted by Crippen LogP contribution is 2.27. The Labute approximate surface area is 152 Å². The minimum absolute atomic E-state index is 0.137. The lowest BCUT2D eigenvalue weighted by atomic mass is 9.85. The number of anilines is 1. The van der Waals surface area contributed by atoms with Gasteiger partial charge in [0.05, 0.1) is 5.69 Å². The number of aromatic nitrogens is 2. The Hall–Kier alpha value is -2.42. The van der Waals surface area contributed by atoms with E-state index in [1.165, 1.54) is 19.3 Å². The van der Waals surface area contributed by atoms with Crippen LogP contribution in [0.15, 0.2) is 11.1 Å². The highest BCUT2D eigenvalue weighted by Gasteiger charge is 2.32. The van der Waals surface area contributed by atoms with Gasteiger partial charge in [0, 0.05) is 26.2 Å². The van der Waals surface area contributed by atoms with Gasteiger partial charge in [-0.3, -0.25) is 19.9 Å². The van der Waals surface area contributed by atoms with Gasteiger partial charge in [0.2, 0.25) is 5.84 Å².